The first-order valence-electron chi connectivity index (χ1n) is 7.26. The predicted octanol–water partition coefficient (Wildman–Crippen LogP) is 2.23. The van der Waals surface area contributed by atoms with Crippen LogP contribution in [-0.2, 0) is 4.79 Å². The van der Waals surface area contributed by atoms with Crippen molar-refractivity contribution < 1.29 is 14.3 Å². The van der Waals surface area contributed by atoms with E-state index in [0.717, 1.165) is 28.0 Å². The van der Waals surface area contributed by atoms with E-state index in [-0.39, 0.29) is 18.0 Å². The average Bonchev–Trinajstić information content (AvgIpc) is 2.63. The highest BCUT2D eigenvalue weighted by Gasteiger charge is 2.38. The SMILES string of the molecule is CCN1C(=O)CC(N)C1c1cc(Br)c2c(c1)OCCCO2. The number of fused-ring (bicyclic) bond motifs is 1. The van der Waals surface area contributed by atoms with Gasteiger partial charge in [-0.2, -0.15) is 0 Å². The molecule has 2 heterocycles. The molecule has 5 nitrogen and oxygen atoms in total. The molecule has 3 rings (SSSR count). The van der Waals surface area contributed by atoms with Gasteiger partial charge in [0.25, 0.3) is 0 Å². The molecule has 0 spiro atoms. The van der Waals surface area contributed by atoms with E-state index in [4.69, 9.17) is 15.2 Å². The fraction of sp³-hybridized carbons (Fsp3) is 0.533. The van der Waals surface area contributed by atoms with Crippen LogP contribution in [0.4, 0.5) is 0 Å². The molecule has 6 heteroatoms. The second-order valence-electron chi connectivity index (χ2n) is 5.37. The van der Waals surface area contributed by atoms with Gasteiger partial charge in [0, 0.05) is 25.4 Å². The maximum atomic E-state index is 12.0. The highest BCUT2D eigenvalue weighted by Crippen LogP contribution is 2.42. The van der Waals surface area contributed by atoms with Gasteiger partial charge in [0.05, 0.1) is 23.7 Å². The number of likely N-dealkylation sites (tertiary alicyclic amines) is 1. The maximum absolute atomic E-state index is 12.0. The van der Waals surface area contributed by atoms with E-state index in [1.54, 1.807) is 0 Å². The van der Waals surface area contributed by atoms with Gasteiger partial charge in [-0.05, 0) is 40.5 Å². The third kappa shape index (κ3) is 2.62. The first kappa shape index (κ1) is 14.7. The van der Waals surface area contributed by atoms with Crippen molar-refractivity contribution in [1.82, 2.24) is 4.90 Å². The zero-order valence-electron chi connectivity index (χ0n) is 12.0. The van der Waals surface area contributed by atoms with E-state index in [1.807, 2.05) is 24.0 Å². The van der Waals surface area contributed by atoms with E-state index in [0.29, 0.717) is 26.2 Å². The van der Waals surface area contributed by atoms with E-state index in [1.165, 1.54) is 0 Å². The van der Waals surface area contributed by atoms with Gasteiger partial charge in [0.1, 0.15) is 0 Å². The Morgan fingerprint density at radius 1 is 1.38 bits per heavy atom. The largest absolute Gasteiger partial charge is 0.490 e. The molecule has 0 bridgehead atoms. The van der Waals surface area contributed by atoms with Gasteiger partial charge in [0.15, 0.2) is 11.5 Å². The molecule has 0 radical (unpaired) electrons. The third-order valence-electron chi connectivity index (χ3n) is 3.98. The molecule has 0 aliphatic carbocycles. The average molecular weight is 355 g/mol. The fourth-order valence-corrected chi connectivity index (χ4v) is 3.61. The summed E-state index contributed by atoms with van der Waals surface area (Å²) in [6, 6.07) is 3.65. The van der Waals surface area contributed by atoms with Gasteiger partial charge in [-0.3, -0.25) is 4.79 Å². The molecule has 1 fully saturated rings. The number of benzene rings is 1. The molecule has 21 heavy (non-hydrogen) atoms. The first-order chi connectivity index (χ1) is 10.1. The van der Waals surface area contributed by atoms with Crippen molar-refractivity contribution in [2.24, 2.45) is 5.73 Å². The number of hydrogen-bond acceptors (Lipinski definition) is 4. The standard InChI is InChI=1S/C15H19BrN2O3/c1-2-18-13(19)8-11(17)14(18)9-6-10(16)15-12(7-9)20-4-3-5-21-15/h6-7,11,14H,2-5,8,17H2,1H3. The number of carbonyl (C=O) groups is 1. The molecule has 2 aliphatic heterocycles. The summed E-state index contributed by atoms with van der Waals surface area (Å²) in [6.45, 7) is 3.91. The number of likely N-dealkylation sites (N-methyl/N-ethyl adjacent to an activating group) is 1. The van der Waals surface area contributed by atoms with E-state index in [2.05, 4.69) is 15.9 Å². The van der Waals surface area contributed by atoms with Gasteiger partial charge >= 0.3 is 0 Å². The second-order valence-corrected chi connectivity index (χ2v) is 6.23. The monoisotopic (exact) mass is 354 g/mol. The van der Waals surface area contributed by atoms with E-state index < -0.39 is 0 Å². The molecule has 2 aliphatic rings. The topological polar surface area (TPSA) is 64.8 Å². The van der Waals surface area contributed by atoms with Crippen molar-refractivity contribution in [3.63, 3.8) is 0 Å². The van der Waals surface area contributed by atoms with Crippen molar-refractivity contribution in [2.75, 3.05) is 19.8 Å². The molecule has 1 saturated heterocycles. The van der Waals surface area contributed by atoms with Crippen LogP contribution >= 0.6 is 15.9 Å². The fourth-order valence-electron chi connectivity index (χ4n) is 3.04. The maximum Gasteiger partial charge on any atom is 0.224 e. The van der Waals surface area contributed by atoms with Crippen molar-refractivity contribution >= 4 is 21.8 Å². The highest BCUT2D eigenvalue weighted by molar-refractivity contribution is 9.10. The number of nitrogens with zero attached hydrogens (tertiary/aromatic N) is 1. The molecule has 2 atom stereocenters. The molecule has 2 unspecified atom stereocenters. The Balaban J connectivity index is 2.01. The molecule has 114 valence electrons. The number of hydrogen-bond donors (Lipinski definition) is 1. The molecule has 2 N–H and O–H groups in total. The quantitative estimate of drug-likeness (QED) is 0.884. The Hall–Kier alpha value is -1.27. The van der Waals surface area contributed by atoms with Crippen molar-refractivity contribution in [1.29, 1.82) is 0 Å². The predicted molar refractivity (Wildman–Crippen MR) is 82.5 cm³/mol. The number of halogens is 1. The number of nitrogens with two attached hydrogens (primary N) is 1. The zero-order chi connectivity index (χ0) is 15.0. The van der Waals surface area contributed by atoms with E-state index in [9.17, 15) is 4.79 Å². The molecule has 0 saturated carbocycles. The molecule has 1 amide bonds. The Labute approximate surface area is 132 Å². The molecular weight excluding hydrogens is 336 g/mol. The lowest BCUT2D eigenvalue weighted by atomic mass is 10.00. The zero-order valence-corrected chi connectivity index (χ0v) is 13.6. The van der Waals surface area contributed by atoms with Gasteiger partial charge in [-0.1, -0.05) is 0 Å². The summed E-state index contributed by atoms with van der Waals surface area (Å²) in [4.78, 5) is 13.8. The minimum absolute atomic E-state index is 0.101. The number of carbonyl (C=O) groups excluding carboxylic acids is 1. The summed E-state index contributed by atoms with van der Waals surface area (Å²) in [6.07, 6.45) is 1.25. The summed E-state index contributed by atoms with van der Waals surface area (Å²) in [5, 5.41) is 0. The Morgan fingerprint density at radius 3 is 2.90 bits per heavy atom. The van der Waals surface area contributed by atoms with Crippen molar-refractivity contribution in [2.45, 2.75) is 31.8 Å². The van der Waals surface area contributed by atoms with Crippen LogP contribution in [0.3, 0.4) is 0 Å². The van der Waals surface area contributed by atoms with Crippen LogP contribution in [-0.4, -0.2) is 36.6 Å². The molecular formula is C15H19BrN2O3. The van der Waals surface area contributed by atoms with Gasteiger partial charge in [0.2, 0.25) is 5.91 Å². The summed E-state index contributed by atoms with van der Waals surface area (Å²) in [7, 11) is 0. The van der Waals surface area contributed by atoms with Crippen LogP contribution in [0.5, 0.6) is 11.5 Å². The normalized spacial score (nSPS) is 25.1. The van der Waals surface area contributed by atoms with Gasteiger partial charge in [-0.15, -0.1) is 0 Å². The number of amides is 1. The van der Waals surface area contributed by atoms with Crippen LogP contribution in [0.2, 0.25) is 0 Å². The summed E-state index contributed by atoms with van der Waals surface area (Å²) >= 11 is 3.54. The van der Waals surface area contributed by atoms with Crippen LogP contribution < -0.4 is 15.2 Å². The van der Waals surface area contributed by atoms with Crippen molar-refractivity contribution in [3.8, 4) is 11.5 Å². The Bertz CT molecular complexity index is 564. The Kier molecular flexibility index (Phi) is 4.08. The van der Waals surface area contributed by atoms with Gasteiger partial charge < -0.3 is 20.1 Å². The van der Waals surface area contributed by atoms with Crippen LogP contribution in [0, 0.1) is 0 Å². The lowest BCUT2D eigenvalue weighted by Gasteiger charge is -2.27. The lowest BCUT2D eigenvalue weighted by molar-refractivity contribution is -0.128. The molecule has 1 aromatic rings. The summed E-state index contributed by atoms with van der Waals surface area (Å²) in [5.74, 6) is 1.56. The van der Waals surface area contributed by atoms with Crippen LogP contribution in [0.15, 0.2) is 16.6 Å². The van der Waals surface area contributed by atoms with Crippen LogP contribution in [0.1, 0.15) is 31.4 Å². The summed E-state index contributed by atoms with van der Waals surface area (Å²) in [5.41, 5.74) is 7.17. The number of ether oxygens (including phenoxy) is 2. The first-order valence-corrected chi connectivity index (χ1v) is 8.05. The van der Waals surface area contributed by atoms with Gasteiger partial charge in [-0.25, -0.2) is 0 Å². The van der Waals surface area contributed by atoms with Crippen molar-refractivity contribution in [3.05, 3.63) is 22.2 Å². The van der Waals surface area contributed by atoms with Crippen LogP contribution in [0.25, 0.3) is 0 Å². The minimum Gasteiger partial charge on any atom is -0.490 e. The molecule has 1 aromatic carbocycles. The highest BCUT2D eigenvalue weighted by atomic mass is 79.9. The second kappa shape index (κ2) is 5.85. The minimum atomic E-state index is -0.186. The Morgan fingerprint density at radius 2 is 2.14 bits per heavy atom. The summed E-state index contributed by atoms with van der Waals surface area (Å²) < 4.78 is 12.3. The molecule has 0 aromatic heterocycles. The third-order valence-corrected chi connectivity index (χ3v) is 4.57. The smallest absolute Gasteiger partial charge is 0.224 e. The number of rotatable bonds is 2. The lowest BCUT2D eigenvalue weighted by Crippen LogP contribution is -2.32. The van der Waals surface area contributed by atoms with E-state index >= 15 is 0 Å².